The predicted octanol–water partition coefficient (Wildman–Crippen LogP) is 4.32. The van der Waals surface area contributed by atoms with Crippen molar-refractivity contribution in [3.63, 3.8) is 0 Å². The summed E-state index contributed by atoms with van der Waals surface area (Å²) in [5, 5.41) is 10.7. The van der Waals surface area contributed by atoms with E-state index in [9.17, 15) is 14.3 Å². The molecule has 1 aliphatic heterocycles. The Kier molecular flexibility index (Phi) is 4.23. The minimum Gasteiger partial charge on any atom is -0.426 e. The van der Waals surface area contributed by atoms with Gasteiger partial charge in [0, 0.05) is 18.1 Å². The van der Waals surface area contributed by atoms with Crippen LogP contribution in [0.5, 0.6) is 0 Å². The van der Waals surface area contributed by atoms with Crippen molar-refractivity contribution in [2.24, 2.45) is 11.8 Å². The molecule has 1 aliphatic carbocycles. The largest absolute Gasteiger partial charge is 0.426 e. The Labute approximate surface area is 140 Å². The van der Waals surface area contributed by atoms with Crippen LogP contribution in [0.4, 0.5) is 4.39 Å². The molecule has 0 saturated heterocycles. The fourth-order valence-electron chi connectivity index (χ4n) is 3.73. The Bertz CT molecular complexity index is 653. The van der Waals surface area contributed by atoms with Crippen molar-refractivity contribution in [2.45, 2.75) is 45.3 Å². The first-order valence-corrected chi connectivity index (χ1v) is 8.33. The number of esters is 1. The molecule has 5 heteroatoms. The third kappa shape index (κ3) is 2.90. The Morgan fingerprint density at radius 1 is 1.30 bits per heavy atom. The van der Waals surface area contributed by atoms with E-state index in [1.54, 1.807) is 0 Å². The number of carbonyl (C=O) groups excluding carboxylic acids is 1. The highest BCUT2D eigenvalue weighted by Gasteiger charge is 2.47. The van der Waals surface area contributed by atoms with Crippen molar-refractivity contribution in [2.75, 3.05) is 0 Å². The molecule has 1 heterocycles. The lowest BCUT2D eigenvalue weighted by molar-refractivity contribution is -0.176. The van der Waals surface area contributed by atoms with Crippen LogP contribution < -0.4 is 0 Å². The highest BCUT2D eigenvalue weighted by Crippen LogP contribution is 2.47. The summed E-state index contributed by atoms with van der Waals surface area (Å²) in [5.41, 5.74) is 0.601. The maximum absolute atomic E-state index is 14.3. The first kappa shape index (κ1) is 16.5. The van der Waals surface area contributed by atoms with E-state index in [-0.39, 0.29) is 22.1 Å². The molecule has 0 bridgehead atoms. The maximum atomic E-state index is 14.3. The summed E-state index contributed by atoms with van der Waals surface area (Å²) in [6.45, 7) is 3.63. The van der Waals surface area contributed by atoms with E-state index in [2.05, 4.69) is 6.92 Å². The van der Waals surface area contributed by atoms with E-state index >= 15 is 0 Å². The molecule has 124 valence electrons. The fraction of sp³-hybridized carbons (Fsp3) is 0.500. The normalized spacial score (nSPS) is 31.4. The lowest BCUT2D eigenvalue weighted by atomic mass is 9.75. The van der Waals surface area contributed by atoms with Gasteiger partial charge in [-0.15, -0.1) is 0 Å². The predicted molar refractivity (Wildman–Crippen MR) is 86.2 cm³/mol. The molecule has 2 aliphatic rings. The molecule has 1 atom stereocenters. The Morgan fingerprint density at radius 2 is 1.96 bits per heavy atom. The van der Waals surface area contributed by atoms with Gasteiger partial charge in [0.25, 0.3) is 0 Å². The molecule has 0 radical (unpaired) electrons. The number of hydrogen-bond acceptors (Lipinski definition) is 3. The van der Waals surface area contributed by atoms with Gasteiger partial charge in [0.05, 0.1) is 10.6 Å². The summed E-state index contributed by atoms with van der Waals surface area (Å²) in [4.78, 5) is 12.3. The lowest BCUT2D eigenvalue weighted by Gasteiger charge is -2.32. The molecular formula is C18H20ClFO3. The zero-order valence-corrected chi connectivity index (χ0v) is 14.0. The Balaban J connectivity index is 2.15. The second kappa shape index (κ2) is 5.91. The molecule has 3 rings (SSSR count). The number of aliphatic hydroxyl groups is 1. The van der Waals surface area contributed by atoms with Crippen molar-refractivity contribution in [1.29, 1.82) is 0 Å². The van der Waals surface area contributed by atoms with Gasteiger partial charge in [-0.1, -0.05) is 37.4 Å². The fourth-order valence-corrected chi connectivity index (χ4v) is 3.99. The maximum Gasteiger partial charge on any atom is 0.341 e. The summed E-state index contributed by atoms with van der Waals surface area (Å²) in [5.74, 6) is -2.38. The smallest absolute Gasteiger partial charge is 0.341 e. The molecule has 1 aromatic carbocycles. The van der Waals surface area contributed by atoms with E-state index in [1.807, 2.05) is 0 Å². The van der Waals surface area contributed by atoms with Crippen LogP contribution in [0, 0.1) is 17.7 Å². The van der Waals surface area contributed by atoms with Gasteiger partial charge in [0.2, 0.25) is 5.79 Å². The summed E-state index contributed by atoms with van der Waals surface area (Å²) in [6.07, 6.45) is 3.71. The SMILES string of the molecule is CC1CCC(C2=C(c3c(F)cccc3Cl)C(=O)OC2(C)O)CC1. The molecule has 23 heavy (non-hydrogen) atoms. The third-order valence-electron chi connectivity index (χ3n) is 4.90. The van der Waals surface area contributed by atoms with Crippen molar-refractivity contribution in [3.05, 3.63) is 40.2 Å². The molecule has 1 saturated carbocycles. The molecule has 0 amide bonds. The molecule has 0 spiro atoms. The first-order chi connectivity index (χ1) is 10.8. The number of ether oxygens (including phenoxy) is 1. The quantitative estimate of drug-likeness (QED) is 0.817. The molecule has 0 aromatic heterocycles. The van der Waals surface area contributed by atoms with Crippen molar-refractivity contribution in [1.82, 2.24) is 0 Å². The van der Waals surface area contributed by atoms with Gasteiger partial charge in [-0.2, -0.15) is 0 Å². The number of halogens is 2. The Hall–Kier alpha value is -1.39. The standard InChI is InChI=1S/C18H20ClFO3/c1-10-6-8-11(9-7-10)16-15(17(21)23-18(16,2)22)14-12(19)4-3-5-13(14)20/h3-5,10-11,22H,6-9H2,1-2H3. The van der Waals surface area contributed by atoms with Crippen LogP contribution in [-0.4, -0.2) is 16.9 Å². The van der Waals surface area contributed by atoms with Crippen LogP contribution in [0.25, 0.3) is 5.57 Å². The van der Waals surface area contributed by atoms with Gasteiger partial charge in [-0.25, -0.2) is 9.18 Å². The van der Waals surface area contributed by atoms with Crippen LogP contribution in [0.2, 0.25) is 5.02 Å². The van der Waals surface area contributed by atoms with Crippen molar-refractivity contribution in [3.8, 4) is 0 Å². The van der Waals surface area contributed by atoms with E-state index in [1.165, 1.54) is 25.1 Å². The zero-order chi connectivity index (χ0) is 16.8. The van der Waals surface area contributed by atoms with Crippen molar-refractivity contribution >= 4 is 23.1 Å². The topological polar surface area (TPSA) is 46.5 Å². The second-order valence-corrected chi connectivity index (χ2v) is 7.12. The molecule has 1 fully saturated rings. The van der Waals surface area contributed by atoms with E-state index in [0.29, 0.717) is 11.5 Å². The van der Waals surface area contributed by atoms with Crippen LogP contribution in [-0.2, 0) is 9.53 Å². The minimum atomic E-state index is -1.71. The second-order valence-electron chi connectivity index (χ2n) is 6.71. The molecule has 1 unspecified atom stereocenters. The average Bonchev–Trinajstić information content (AvgIpc) is 2.69. The summed E-state index contributed by atoms with van der Waals surface area (Å²) < 4.78 is 19.5. The van der Waals surface area contributed by atoms with Gasteiger partial charge < -0.3 is 9.84 Å². The number of benzene rings is 1. The number of carbonyl (C=O) groups is 1. The number of rotatable bonds is 2. The van der Waals surface area contributed by atoms with E-state index < -0.39 is 17.6 Å². The zero-order valence-electron chi connectivity index (χ0n) is 13.2. The summed E-state index contributed by atoms with van der Waals surface area (Å²) >= 11 is 6.13. The van der Waals surface area contributed by atoms with Gasteiger partial charge in [0.1, 0.15) is 5.82 Å². The van der Waals surface area contributed by atoms with Gasteiger partial charge in [-0.05, 0) is 36.8 Å². The highest BCUT2D eigenvalue weighted by atomic mass is 35.5. The number of hydrogen-bond donors (Lipinski definition) is 1. The number of cyclic esters (lactones) is 1. The van der Waals surface area contributed by atoms with Gasteiger partial charge >= 0.3 is 5.97 Å². The highest BCUT2D eigenvalue weighted by molar-refractivity contribution is 6.35. The third-order valence-corrected chi connectivity index (χ3v) is 5.22. The molecular weight excluding hydrogens is 319 g/mol. The lowest BCUT2D eigenvalue weighted by Crippen LogP contribution is -2.32. The molecule has 1 aromatic rings. The van der Waals surface area contributed by atoms with Crippen LogP contribution in [0.15, 0.2) is 23.8 Å². The van der Waals surface area contributed by atoms with Crippen molar-refractivity contribution < 1.29 is 19.0 Å². The first-order valence-electron chi connectivity index (χ1n) is 7.96. The van der Waals surface area contributed by atoms with E-state index in [4.69, 9.17) is 16.3 Å². The minimum absolute atomic E-state index is 0.00155. The van der Waals surface area contributed by atoms with Gasteiger partial charge in [0.15, 0.2) is 0 Å². The van der Waals surface area contributed by atoms with Gasteiger partial charge in [-0.3, -0.25) is 0 Å². The average molecular weight is 339 g/mol. The Morgan fingerprint density at radius 3 is 2.57 bits per heavy atom. The van der Waals surface area contributed by atoms with E-state index in [0.717, 1.165) is 25.7 Å². The molecule has 3 nitrogen and oxygen atoms in total. The van der Waals surface area contributed by atoms with Crippen LogP contribution in [0.3, 0.4) is 0 Å². The van der Waals surface area contributed by atoms with Crippen LogP contribution in [0.1, 0.15) is 45.1 Å². The van der Waals surface area contributed by atoms with Crippen LogP contribution >= 0.6 is 11.6 Å². The monoisotopic (exact) mass is 338 g/mol. The summed E-state index contributed by atoms with van der Waals surface area (Å²) in [6, 6.07) is 4.28. The summed E-state index contributed by atoms with van der Waals surface area (Å²) in [7, 11) is 0. The molecule has 1 N–H and O–H groups in total.